The van der Waals surface area contributed by atoms with Gasteiger partial charge in [-0.3, -0.25) is 0 Å². The lowest BCUT2D eigenvalue weighted by atomic mass is 10.1. The van der Waals surface area contributed by atoms with Crippen molar-refractivity contribution in [3.05, 3.63) is 53.6 Å². The van der Waals surface area contributed by atoms with Crippen LogP contribution in [-0.2, 0) is 0 Å². The number of hydrogen-bond acceptors (Lipinski definition) is 2. The molecule has 0 unspecified atom stereocenters. The molecule has 0 amide bonds. The molecule has 0 spiro atoms. The van der Waals surface area contributed by atoms with Crippen molar-refractivity contribution < 1.29 is 4.52 Å². The van der Waals surface area contributed by atoms with Gasteiger partial charge in [0, 0.05) is 22.0 Å². The van der Waals surface area contributed by atoms with E-state index in [1.165, 1.54) is 0 Å². The fourth-order valence-electron chi connectivity index (χ4n) is 1.66. The Labute approximate surface area is 97.4 Å². The van der Waals surface area contributed by atoms with Crippen LogP contribution in [0.3, 0.4) is 0 Å². The van der Waals surface area contributed by atoms with Gasteiger partial charge in [-0.1, -0.05) is 41.0 Å². The molecule has 3 heteroatoms. The molecule has 0 aliphatic rings. The number of rotatable bonds is 1. The lowest BCUT2D eigenvalue weighted by Gasteiger charge is -1.95. The van der Waals surface area contributed by atoms with Crippen LogP contribution in [0.4, 0.5) is 0 Å². The second-order valence-corrected chi connectivity index (χ2v) is 3.90. The van der Waals surface area contributed by atoms with E-state index in [2.05, 4.69) is 11.2 Å². The Bertz CT molecular complexity index is 631. The number of halogens is 1. The summed E-state index contributed by atoms with van der Waals surface area (Å²) in [6.07, 6.45) is 0. The Balaban J connectivity index is 2.26. The average molecular weight is 229 g/mol. The maximum atomic E-state index is 5.88. The SMILES string of the molecule is Clc1ccc2c(-c3cc[c]cc3)noc2c1. The molecule has 1 radical (unpaired) electrons. The highest BCUT2D eigenvalue weighted by molar-refractivity contribution is 6.31. The summed E-state index contributed by atoms with van der Waals surface area (Å²) in [6, 6.07) is 16.1. The van der Waals surface area contributed by atoms with Gasteiger partial charge in [0.05, 0.1) is 0 Å². The molecule has 77 valence electrons. The van der Waals surface area contributed by atoms with E-state index in [-0.39, 0.29) is 0 Å². The summed E-state index contributed by atoms with van der Waals surface area (Å²) in [5.74, 6) is 0. The van der Waals surface area contributed by atoms with E-state index in [9.17, 15) is 0 Å². The summed E-state index contributed by atoms with van der Waals surface area (Å²) in [5.41, 5.74) is 2.55. The molecule has 3 rings (SSSR count). The minimum atomic E-state index is 0.650. The highest BCUT2D eigenvalue weighted by Gasteiger charge is 2.09. The van der Waals surface area contributed by atoms with E-state index in [1.54, 1.807) is 6.07 Å². The maximum Gasteiger partial charge on any atom is 0.169 e. The summed E-state index contributed by atoms with van der Waals surface area (Å²) in [6.45, 7) is 0. The summed E-state index contributed by atoms with van der Waals surface area (Å²) in [4.78, 5) is 0. The maximum absolute atomic E-state index is 5.88. The number of aromatic nitrogens is 1. The van der Waals surface area contributed by atoms with Crippen LogP contribution in [0.25, 0.3) is 22.2 Å². The van der Waals surface area contributed by atoms with Crippen LogP contribution in [0.1, 0.15) is 0 Å². The molecule has 0 aliphatic carbocycles. The van der Waals surface area contributed by atoms with E-state index in [1.807, 2.05) is 36.4 Å². The topological polar surface area (TPSA) is 26.0 Å². The number of benzene rings is 2. The van der Waals surface area contributed by atoms with Crippen molar-refractivity contribution in [3.8, 4) is 11.3 Å². The molecular weight excluding hydrogens is 222 g/mol. The summed E-state index contributed by atoms with van der Waals surface area (Å²) >= 11 is 5.88. The van der Waals surface area contributed by atoms with Gasteiger partial charge in [-0.15, -0.1) is 0 Å². The van der Waals surface area contributed by atoms with Crippen LogP contribution in [0, 0.1) is 6.07 Å². The van der Waals surface area contributed by atoms with Crippen molar-refractivity contribution in [2.75, 3.05) is 0 Å². The van der Waals surface area contributed by atoms with Gasteiger partial charge in [-0.2, -0.15) is 0 Å². The highest BCUT2D eigenvalue weighted by Crippen LogP contribution is 2.29. The first-order chi connectivity index (χ1) is 7.84. The van der Waals surface area contributed by atoms with E-state index in [0.29, 0.717) is 10.6 Å². The van der Waals surface area contributed by atoms with Gasteiger partial charge in [0.1, 0.15) is 5.69 Å². The van der Waals surface area contributed by atoms with Crippen molar-refractivity contribution in [2.24, 2.45) is 0 Å². The van der Waals surface area contributed by atoms with Crippen molar-refractivity contribution in [2.45, 2.75) is 0 Å². The molecule has 1 heterocycles. The van der Waals surface area contributed by atoms with Gasteiger partial charge >= 0.3 is 0 Å². The van der Waals surface area contributed by atoms with E-state index in [0.717, 1.165) is 16.6 Å². The normalized spacial score (nSPS) is 10.8. The van der Waals surface area contributed by atoms with Crippen molar-refractivity contribution in [1.29, 1.82) is 0 Å². The number of nitrogens with zero attached hydrogens (tertiary/aromatic N) is 1. The molecule has 0 aliphatic heterocycles. The van der Waals surface area contributed by atoms with Crippen LogP contribution in [0.2, 0.25) is 5.02 Å². The van der Waals surface area contributed by atoms with Crippen LogP contribution < -0.4 is 0 Å². The zero-order valence-electron chi connectivity index (χ0n) is 8.27. The molecule has 0 saturated carbocycles. The van der Waals surface area contributed by atoms with Gasteiger partial charge in [0.2, 0.25) is 0 Å². The molecular formula is C13H7ClNO. The second kappa shape index (κ2) is 3.65. The van der Waals surface area contributed by atoms with Gasteiger partial charge < -0.3 is 4.52 Å². The van der Waals surface area contributed by atoms with Gasteiger partial charge in [0.15, 0.2) is 5.58 Å². The van der Waals surface area contributed by atoms with E-state index < -0.39 is 0 Å². The molecule has 1 aromatic heterocycles. The van der Waals surface area contributed by atoms with Crippen LogP contribution in [-0.4, -0.2) is 5.16 Å². The Kier molecular flexibility index (Phi) is 2.15. The fourth-order valence-corrected chi connectivity index (χ4v) is 1.83. The number of hydrogen-bond donors (Lipinski definition) is 0. The molecule has 0 atom stereocenters. The lowest BCUT2D eigenvalue weighted by molar-refractivity contribution is 0.459. The molecule has 0 N–H and O–H groups in total. The highest BCUT2D eigenvalue weighted by atomic mass is 35.5. The summed E-state index contributed by atoms with van der Waals surface area (Å²) in [7, 11) is 0. The third kappa shape index (κ3) is 1.48. The monoisotopic (exact) mass is 228 g/mol. The van der Waals surface area contributed by atoms with Crippen molar-refractivity contribution in [3.63, 3.8) is 0 Å². The van der Waals surface area contributed by atoms with Crippen LogP contribution >= 0.6 is 11.6 Å². The van der Waals surface area contributed by atoms with Crippen molar-refractivity contribution in [1.82, 2.24) is 5.16 Å². The predicted octanol–water partition coefficient (Wildman–Crippen LogP) is 3.95. The largest absolute Gasteiger partial charge is 0.356 e. The predicted molar refractivity (Wildman–Crippen MR) is 63.3 cm³/mol. The molecule has 0 fully saturated rings. The Morgan fingerprint density at radius 3 is 2.75 bits per heavy atom. The molecule has 3 aromatic rings. The fraction of sp³-hybridized carbons (Fsp3) is 0. The van der Waals surface area contributed by atoms with Crippen LogP contribution in [0.15, 0.2) is 47.0 Å². The first kappa shape index (κ1) is 9.43. The zero-order valence-corrected chi connectivity index (χ0v) is 9.03. The summed E-state index contributed by atoms with van der Waals surface area (Å²) < 4.78 is 5.24. The Morgan fingerprint density at radius 2 is 1.94 bits per heavy atom. The minimum Gasteiger partial charge on any atom is -0.356 e. The third-order valence-corrected chi connectivity index (χ3v) is 2.66. The quantitative estimate of drug-likeness (QED) is 0.630. The second-order valence-electron chi connectivity index (χ2n) is 3.46. The minimum absolute atomic E-state index is 0.650. The van der Waals surface area contributed by atoms with Crippen LogP contribution in [0.5, 0.6) is 0 Å². The Morgan fingerprint density at radius 1 is 1.12 bits per heavy atom. The molecule has 16 heavy (non-hydrogen) atoms. The molecule has 0 saturated heterocycles. The third-order valence-electron chi connectivity index (χ3n) is 2.43. The molecule has 2 nitrogen and oxygen atoms in total. The average Bonchev–Trinajstić information content (AvgIpc) is 2.73. The number of fused-ring (bicyclic) bond motifs is 1. The van der Waals surface area contributed by atoms with Crippen molar-refractivity contribution >= 4 is 22.6 Å². The zero-order chi connectivity index (χ0) is 11.0. The van der Waals surface area contributed by atoms with E-state index >= 15 is 0 Å². The lowest BCUT2D eigenvalue weighted by Crippen LogP contribution is -1.76. The molecule has 2 aromatic carbocycles. The smallest absolute Gasteiger partial charge is 0.169 e. The van der Waals surface area contributed by atoms with Gasteiger partial charge in [-0.25, -0.2) is 0 Å². The first-order valence-electron chi connectivity index (χ1n) is 4.86. The van der Waals surface area contributed by atoms with Gasteiger partial charge in [-0.05, 0) is 18.2 Å². The Hall–Kier alpha value is -1.80. The standard InChI is InChI=1S/C13H7ClNO/c14-10-6-7-11-12(8-10)16-15-13(11)9-4-2-1-3-5-9/h2-8H. The molecule has 0 bridgehead atoms. The van der Waals surface area contributed by atoms with Gasteiger partial charge in [0.25, 0.3) is 0 Å². The first-order valence-corrected chi connectivity index (χ1v) is 5.24. The summed E-state index contributed by atoms with van der Waals surface area (Å²) in [5, 5.41) is 5.68. The van der Waals surface area contributed by atoms with E-state index in [4.69, 9.17) is 16.1 Å².